The summed E-state index contributed by atoms with van der Waals surface area (Å²) in [6.07, 6.45) is 0. The van der Waals surface area contributed by atoms with Crippen LogP contribution in [0, 0.1) is 0 Å². The average molecular weight is 337 g/mol. The van der Waals surface area contributed by atoms with Crippen molar-refractivity contribution < 1.29 is 19.2 Å². The quantitative estimate of drug-likeness (QED) is 0.734. The number of hydrogen-bond acceptors (Lipinski definition) is 7. The van der Waals surface area contributed by atoms with Crippen molar-refractivity contribution >= 4 is 28.9 Å². The van der Waals surface area contributed by atoms with Gasteiger partial charge in [-0.3, -0.25) is 0 Å². The Kier molecular flexibility index (Phi) is 4.08. The zero-order valence-corrected chi connectivity index (χ0v) is 12.6. The first-order valence-electron chi connectivity index (χ1n) is 6.15. The van der Waals surface area contributed by atoms with E-state index < -0.39 is 5.97 Å². The Bertz CT molecular complexity index is 801. The van der Waals surface area contributed by atoms with Crippen molar-refractivity contribution in [2.45, 2.75) is 6.61 Å². The smallest absolute Gasteiger partial charge is 0.342 e. The fraction of sp³-hybridized carbons (Fsp3) is 0.0714. The predicted octanol–water partition coefficient (Wildman–Crippen LogP) is 3.51. The minimum atomic E-state index is -0.726. The van der Waals surface area contributed by atoms with E-state index in [1.54, 1.807) is 0 Å². The van der Waals surface area contributed by atoms with Crippen LogP contribution in [0.1, 0.15) is 16.2 Å². The summed E-state index contributed by atoms with van der Waals surface area (Å²) in [7, 11) is 0. The van der Waals surface area contributed by atoms with E-state index in [4.69, 9.17) is 20.9 Å². The van der Waals surface area contributed by atoms with Gasteiger partial charge in [-0.15, -0.1) is 11.3 Å². The van der Waals surface area contributed by atoms with Gasteiger partial charge < -0.3 is 14.4 Å². The molecule has 2 aromatic heterocycles. The summed E-state index contributed by atoms with van der Waals surface area (Å²) in [6, 6.07) is 7.84. The van der Waals surface area contributed by atoms with E-state index in [0.29, 0.717) is 10.8 Å². The predicted molar refractivity (Wildman–Crippen MR) is 79.8 cm³/mol. The molecule has 22 heavy (non-hydrogen) atoms. The summed E-state index contributed by atoms with van der Waals surface area (Å²) in [5, 5.41) is 15.6. The molecule has 1 aromatic carbocycles. The SMILES string of the molecule is O=C(OCc1nc(-c2cccs2)no1)c1cc(Cl)ccc1O. The number of nitrogens with zero attached hydrogens (tertiary/aromatic N) is 2. The summed E-state index contributed by atoms with van der Waals surface area (Å²) < 4.78 is 10.0. The van der Waals surface area contributed by atoms with Crippen molar-refractivity contribution in [3.05, 3.63) is 52.2 Å². The van der Waals surface area contributed by atoms with Gasteiger partial charge in [0.25, 0.3) is 5.89 Å². The highest BCUT2D eigenvalue weighted by atomic mass is 35.5. The van der Waals surface area contributed by atoms with Crippen LogP contribution in [0.5, 0.6) is 5.75 Å². The van der Waals surface area contributed by atoms with E-state index in [1.807, 2.05) is 17.5 Å². The lowest BCUT2D eigenvalue weighted by Crippen LogP contribution is -2.05. The molecule has 8 heteroatoms. The lowest BCUT2D eigenvalue weighted by molar-refractivity contribution is 0.0426. The molecular weight excluding hydrogens is 328 g/mol. The fourth-order valence-corrected chi connectivity index (χ4v) is 2.52. The molecule has 0 atom stereocenters. The van der Waals surface area contributed by atoms with Gasteiger partial charge in [-0.05, 0) is 29.6 Å². The Hall–Kier alpha value is -2.38. The third-order valence-corrected chi connectivity index (χ3v) is 3.82. The highest BCUT2D eigenvalue weighted by Gasteiger charge is 2.16. The minimum absolute atomic E-state index is 0.0227. The first kappa shape index (κ1) is 14.6. The number of halogens is 1. The van der Waals surface area contributed by atoms with Crippen LogP contribution in [0.25, 0.3) is 10.7 Å². The van der Waals surface area contributed by atoms with Gasteiger partial charge in [-0.1, -0.05) is 22.8 Å². The first-order valence-corrected chi connectivity index (χ1v) is 7.41. The van der Waals surface area contributed by atoms with Gasteiger partial charge in [0.05, 0.1) is 4.88 Å². The number of phenols is 1. The third-order valence-electron chi connectivity index (χ3n) is 2.71. The monoisotopic (exact) mass is 336 g/mol. The normalized spacial score (nSPS) is 10.6. The summed E-state index contributed by atoms with van der Waals surface area (Å²) in [5.41, 5.74) is -0.0227. The van der Waals surface area contributed by atoms with E-state index in [0.717, 1.165) is 4.88 Å². The van der Waals surface area contributed by atoms with Gasteiger partial charge in [0.2, 0.25) is 5.82 Å². The maximum atomic E-state index is 11.9. The van der Waals surface area contributed by atoms with Crippen LogP contribution in [-0.2, 0) is 11.3 Å². The molecule has 3 rings (SSSR count). The highest BCUT2D eigenvalue weighted by Crippen LogP contribution is 2.23. The number of rotatable bonds is 4. The van der Waals surface area contributed by atoms with Gasteiger partial charge >= 0.3 is 5.97 Å². The Morgan fingerprint density at radius 3 is 3.05 bits per heavy atom. The molecule has 0 saturated carbocycles. The largest absolute Gasteiger partial charge is 0.507 e. The number of aromatic hydroxyl groups is 1. The van der Waals surface area contributed by atoms with Crippen molar-refractivity contribution in [1.82, 2.24) is 10.1 Å². The Balaban J connectivity index is 1.67. The fourth-order valence-electron chi connectivity index (χ4n) is 1.70. The molecular formula is C14H9ClN2O4S. The first-order chi connectivity index (χ1) is 10.6. The molecule has 1 N–H and O–H groups in total. The van der Waals surface area contributed by atoms with Crippen molar-refractivity contribution in [1.29, 1.82) is 0 Å². The van der Waals surface area contributed by atoms with Crippen molar-refractivity contribution in [3.8, 4) is 16.5 Å². The second-order valence-corrected chi connectivity index (χ2v) is 5.61. The van der Waals surface area contributed by atoms with E-state index in [1.165, 1.54) is 29.5 Å². The molecule has 0 amide bonds. The maximum Gasteiger partial charge on any atom is 0.342 e. The van der Waals surface area contributed by atoms with Gasteiger partial charge in [-0.25, -0.2) is 4.79 Å². The third kappa shape index (κ3) is 3.10. The van der Waals surface area contributed by atoms with Crippen LogP contribution >= 0.6 is 22.9 Å². The van der Waals surface area contributed by atoms with Crippen LogP contribution in [0.2, 0.25) is 5.02 Å². The van der Waals surface area contributed by atoms with E-state index >= 15 is 0 Å². The number of thiophene rings is 1. The zero-order valence-electron chi connectivity index (χ0n) is 11.0. The Labute approximate surface area is 133 Å². The highest BCUT2D eigenvalue weighted by molar-refractivity contribution is 7.13. The molecule has 0 unspecified atom stereocenters. The minimum Gasteiger partial charge on any atom is -0.507 e. The molecule has 0 aliphatic heterocycles. The molecule has 3 aromatic rings. The summed E-state index contributed by atoms with van der Waals surface area (Å²) in [6.45, 7) is -0.191. The number of phenolic OH excluding ortho intramolecular Hbond substituents is 1. The summed E-state index contributed by atoms with van der Waals surface area (Å²) >= 11 is 7.25. The molecule has 0 radical (unpaired) electrons. The van der Waals surface area contributed by atoms with Crippen LogP contribution < -0.4 is 0 Å². The number of ether oxygens (including phenoxy) is 1. The molecule has 6 nitrogen and oxygen atoms in total. The molecule has 0 spiro atoms. The van der Waals surface area contributed by atoms with Gasteiger partial charge in [0, 0.05) is 5.02 Å². The Morgan fingerprint density at radius 2 is 2.27 bits per heavy atom. The van der Waals surface area contributed by atoms with Crippen molar-refractivity contribution in [2.75, 3.05) is 0 Å². The second-order valence-electron chi connectivity index (χ2n) is 4.23. The number of hydrogen-bond donors (Lipinski definition) is 1. The number of carbonyl (C=O) groups is 1. The maximum absolute atomic E-state index is 11.9. The van der Waals surface area contributed by atoms with E-state index in [-0.39, 0.29) is 23.8 Å². The Morgan fingerprint density at radius 1 is 1.41 bits per heavy atom. The van der Waals surface area contributed by atoms with E-state index in [2.05, 4.69) is 10.1 Å². The number of esters is 1. The average Bonchev–Trinajstić information content (AvgIpc) is 3.17. The lowest BCUT2D eigenvalue weighted by atomic mass is 10.2. The van der Waals surface area contributed by atoms with Crippen LogP contribution in [0.15, 0.2) is 40.2 Å². The van der Waals surface area contributed by atoms with Crippen LogP contribution in [0.3, 0.4) is 0 Å². The standard InChI is InChI=1S/C14H9ClN2O4S/c15-8-3-4-10(18)9(6-8)14(19)20-7-12-16-13(17-21-12)11-2-1-5-22-11/h1-6,18H,7H2. The van der Waals surface area contributed by atoms with Gasteiger partial charge in [0.15, 0.2) is 6.61 Å². The molecule has 0 fully saturated rings. The molecule has 0 bridgehead atoms. The molecule has 0 saturated heterocycles. The van der Waals surface area contributed by atoms with Crippen molar-refractivity contribution in [3.63, 3.8) is 0 Å². The molecule has 0 aliphatic carbocycles. The van der Waals surface area contributed by atoms with Gasteiger partial charge in [-0.2, -0.15) is 4.98 Å². The second kappa shape index (κ2) is 6.17. The molecule has 0 aliphatic rings. The number of carbonyl (C=O) groups excluding carboxylic acids is 1. The zero-order chi connectivity index (χ0) is 15.5. The molecule has 2 heterocycles. The summed E-state index contributed by atoms with van der Waals surface area (Å²) in [5.74, 6) is -0.333. The van der Waals surface area contributed by atoms with Gasteiger partial charge in [0.1, 0.15) is 11.3 Å². The topological polar surface area (TPSA) is 85.5 Å². The summed E-state index contributed by atoms with van der Waals surface area (Å²) in [4.78, 5) is 16.9. The number of benzene rings is 1. The molecule has 112 valence electrons. The number of aromatic nitrogens is 2. The van der Waals surface area contributed by atoms with Crippen LogP contribution in [-0.4, -0.2) is 21.2 Å². The van der Waals surface area contributed by atoms with E-state index in [9.17, 15) is 9.90 Å². The van der Waals surface area contributed by atoms with Crippen molar-refractivity contribution in [2.24, 2.45) is 0 Å². The lowest BCUT2D eigenvalue weighted by Gasteiger charge is -2.04. The van der Waals surface area contributed by atoms with Crippen LogP contribution in [0.4, 0.5) is 0 Å².